The summed E-state index contributed by atoms with van der Waals surface area (Å²) in [5.41, 5.74) is 1.29. The summed E-state index contributed by atoms with van der Waals surface area (Å²) in [6.45, 7) is 11.2. The van der Waals surface area contributed by atoms with Gasteiger partial charge in [0.25, 0.3) is 0 Å². The van der Waals surface area contributed by atoms with Gasteiger partial charge in [-0.05, 0) is 90.7 Å². The molecule has 0 unspecified atom stereocenters. The lowest BCUT2D eigenvalue weighted by molar-refractivity contribution is -0.138. The lowest BCUT2D eigenvalue weighted by atomic mass is 9.97. The van der Waals surface area contributed by atoms with Gasteiger partial charge in [0.1, 0.15) is 0 Å². The molecule has 0 amide bonds. The molecule has 2 aromatic heterocycles. The zero-order valence-corrected chi connectivity index (χ0v) is 26.6. The number of nitrogens with zero attached hydrogens (tertiary/aromatic N) is 3. The number of hydrogen-bond acceptors (Lipinski definition) is 0. The molecule has 0 spiro atoms. The first-order valence-electron chi connectivity index (χ1n) is 15.7. The van der Waals surface area contributed by atoms with Gasteiger partial charge in [0.15, 0.2) is 5.69 Å². The Bertz CT molecular complexity index is 2720. The first-order valence-corrected chi connectivity index (χ1v) is 15.7. The topological polar surface area (TPSA) is 14.2 Å². The van der Waals surface area contributed by atoms with Crippen LogP contribution in [0.5, 0.6) is 0 Å². The largest absolute Gasteiger partial charge is 0.418 e. The summed E-state index contributed by atoms with van der Waals surface area (Å²) in [4.78, 5) is 3.22. The molecule has 0 radical (unpaired) electrons. The van der Waals surface area contributed by atoms with E-state index in [1.54, 1.807) is 27.3 Å². The molecule has 0 aliphatic carbocycles. The van der Waals surface area contributed by atoms with E-state index in [1.807, 2.05) is 80.6 Å². The number of rotatable bonds is 3. The van der Waals surface area contributed by atoms with Gasteiger partial charge in [0.2, 0.25) is 0 Å². The quantitative estimate of drug-likeness (QED) is 0.131. The van der Waals surface area contributed by atoms with Crippen molar-refractivity contribution in [3.05, 3.63) is 149 Å². The zero-order chi connectivity index (χ0) is 35.1. The Hall–Kier alpha value is -6.01. The van der Waals surface area contributed by atoms with Gasteiger partial charge in [0.05, 0.1) is 45.6 Å². The van der Waals surface area contributed by atoms with Crippen LogP contribution in [0.15, 0.2) is 115 Å². The normalized spacial score (nSPS) is 12.4. The third-order valence-electron chi connectivity index (χ3n) is 9.23. The summed E-state index contributed by atoms with van der Waals surface area (Å²) in [7, 11) is 0. The Labute approximate surface area is 282 Å². The van der Waals surface area contributed by atoms with Crippen molar-refractivity contribution in [1.82, 2.24) is 9.13 Å². The predicted octanol–water partition coefficient (Wildman–Crippen LogP) is 12.8. The van der Waals surface area contributed by atoms with Crippen LogP contribution in [0.25, 0.3) is 71.0 Å². The zero-order valence-electron chi connectivity index (χ0n) is 26.6. The highest BCUT2D eigenvalue weighted by Gasteiger charge is 2.38. The highest BCUT2D eigenvalue weighted by molar-refractivity contribution is 6.12. The van der Waals surface area contributed by atoms with Crippen LogP contribution in [0.3, 0.4) is 0 Å². The van der Waals surface area contributed by atoms with Crippen molar-refractivity contribution < 1.29 is 26.3 Å². The Kier molecular flexibility index (Phi) is 6.88. The van der Waals surface area contributed by atoms with Gasteiger partial charge < -0.3 is 9.13 Å². The van der Waals surface area contributed by atoms with E-state index in [0.717, 1.165) is 44.8 Å². The monoisotopic (exact) mass is 673 g/mol. The van der Waals surface area contributed by atoms with Crippen LogP contribution in [-0.4, -0.2) is 9.13 Å². The van der Waals surface area contributed by atoms with Crippen LogP contribution in [-0.2, 0) is 12.4 Å². The van der Waals surface area contributed by atoms with E-state index in [9.17, 15) is 13.2 Å². The van der Waals surface area contributed by atoms with Gasteiger partial charge in [0, 0.05) is 27.1 Å². The first-order chi connectivity index (χ1) is 23.8. The number of fused-ring (bicyclic) bond motifs is 6. The lowest BCUT2D eigenvalue weighted by Gasteiger charge is -2.23. The number of halogens is 6. The second-order valence-electron chi connectivity index (χ2n) is 12.5. The summed E-state index contributed by atoms with van der Waals surface area (Å²) in [6.07, 6.45) is -9.77. The van der Waals surface area contributed by atoms with Gasteiger partial charge >= 0.3 is 12.4 Å². The SMILES string of the molecule is [C-]#[N+]c1cc(-c2cc(-n3c4ccccc4c4ccc(C)cc43)c(-n3c4ccccc4c4ccc(C)cc43)c(C(F)(F)F)c2)cc(C(F)(F)F)c1. The number of para-hydroxylation sites is 2. The molecule has 0 bridgehead atoms. The van der Waals surface area contributed by atoms with Gasteiger partial charge in [-0.3, -0.25) is 0 Å². The minimum Gasteiger partial charge on any atom is -0.307 e. The molecule has 3 nitrogen and oxygen atoms in total. The van der Waals surface area contributed by atoms with Gasteiger partial charge in [-0.1, -0.05) is 60.7 Å². The summed E-state index contributed by atoms with van der Waals surface area (Å²) in [5, 5.41) is 3.12. The summed E-state index contributed by atoms with van der Waals surface area (Å²) in [5.74, 6) is 0. The molecule has 50 heavy (non-hydrogen) atoms. The maximum atomic E-state index is 15.7. The van der Waals surface area contributed by atoms with Crippen molar-refractivity contribution in [3.63, 3.8) is 0 Å². The minimum absolute atomic E-state index is 0.109. The van der Waals surface area contributed by atoms with Gasteiger partial charge in [-0.2, -0.15) is 26.3 Å². The average Bonchev–Trinajstić information content (AvgIpc) is 3.58. The third-order valence-corrected chi connectivity index (χ3v) is 9.23. The highest BCUT2D eigenvalue weighted by atomic mass is 19.4. The lowest BCUT2D eigenvalue weighted by Crippen LogP contribution is -2.15. The van der Waals surface area contributed by atoms with Crippen LogP contribution in [0.4, 0.5) is 32.0 Å². The Balaban J connectivity index is 1.62. The second kappa shape index (κ2) is 11.0. The molecule has 0 N–H and O–H groups in total. The molecule has 9 heteroatoms. The van der Waals surface area contributed by atoms with E-state index in [4.69, 9.17) is 6.57 Å². The molecule has 246 valence electrons. The molecule has 0 fully saturated rings. The van der Waals surface area contributed by atoms with E-state index in [1.165, 1.54) is 12.1 Å². The number of aromatic nitrogens is 2. The number of aryl methyl sites for hydroxylation is 2. The van der Waals surface area contributed by atoms with E-state index in [-0.39, 0.29) is 28.2 Å². The van der Waals surface area contributed by atoms with Crippen LogP contribution < -0.4 is 0 Å². The number of alkyl halides is 6. The standard InChI is InChI=1S/C41H25F6N3/c1-23-12-14-31-29-8-4-6-10-34(29)49(36(31)16-23)38-21-26(25-18-27(40(42,43)44)22-28(19-25)48-3)20-33(41(45,46)47)39(38)50-35-11-7-5-9-30(35)32-15-13-24(2)17-37(32)50/h4-22H,1-2H3. The molecular weight excluding hydrogens is 648 g/mol. The average molecular weight is 674 g/mol. The van der Waals surface area contributed by atoms with E-state index >= 15 is 13.2 Å². The van der Waals surface area contributed by atoms with Crippen LogP contribution in [0.1, 0.15) is 22.3 Å². The predicted molar refractivity (Wildman–Crippen MR) is 186 cm³/mol. The van der Waals surface area contributed by atoms with Gasteiger partial charge in [-0.25, -0.2) is 4.85 Å². The number of hydrogen-bond donors (Lipinski definition) is 0. The van der Waals surface area contributed by atoms with Crippen molar-refractivity contribution in [2.24, 2.45) is 0 Å². The third kappa shape index (κ3) is 4.90. The molecule has 2 heterocycles. The fourth-order valence-corrected chi connectivity index (χ4v) is 7.08. The van der Waals surface area contributed by atoms with E-state index in [0.29, 0.717) is 28.1 Å². The van der Waals surface area contributed by atoms with Gasteiger partial charge in [-0.15, -0.1) is 0 Å². The van der Waals surface area contributed by atoms with Crippen LogP contribution in [0, 0.1) is 20.4 Å². The summed E-state index contributed by atoms with van der Waals surface area (Å²) >= 11 is 0. The second-order valence-corrected chi connectivity index (χ2v) is 12.5. The Morgan fingerprint density at radius 3 is 1.60 bits per heavy atom. The molecule has 0 aliphatic rings. The fraction of sp³-hybridized carbons (Fsp3) is 0.0976. The molecule has 6 aromatic carbocycles. The smallest absolute Gasteiger partial charge is 0.307 e. The number of benzene rings is 6. The molecular formula is C41H25F6N3. The summed E-state index contributed by atoms with van der Waals surface area (Å²) in [6, 6.07) is 31.1. The van der Waals surface area contributed by atoms with Crippen molar-refractivity contribution in [3.8, 4) is 22.5 Å². The molecule has 8 rings (SSSR count). The molecule has 8 aromatic rings. The summed E-state index contributed by atoms with van der Waals surface area (Å²) < 4.78 is 92.6. The Morgan fingerprint density at radius 1 is 0.520 bits per heavy atom. The van der Waals surface area contributed by atoms with Crippen molar-refractivity contribution in [1.29, 1.82) is 0 Å². The van der Waals surface area contributed by atoms with E-state index in [2.05, 4.69) is 4.85 Å². The molecule has 0 saturated carbocycles. The fourth-order valence-electron chi connectivity index (χ4n) is 7.08. The van der Waals surface area contributed by atoms with Crippen LogP contribution >= 0.6 is 0 Å². The first kappa shape index (κ1) is 31.3. The minimum atomic E-state index is -4.94. The van der Waals surface area contributed by atoms with Crippen molar-refractivity contribution in [2.75, 3.05) is 0 Å². The molecule has 0 atom stereocenters. The molecule has 0 saturated heterocycles. The van der Waals surface area contributed by atoms with E-state index < -0.39 is 23.5 Å². The van der Waals surface area contributed by atoms with Crippen molar-refractivity contribution in [2.45, 2.75) is 26.2 Å². The maximum absolute atomic E-state index is 15.7. The highest BCUT2D eigenvalue weighted by Crippen LogP contribution is 2.46. The van der Waals surface area contributed by atoms with Crippen LogP contribution in [0.2, 0.25) is 0 Å². The Morgan fingerprint density at radius 2 is 1.04 bits per heavy atom. The maximum Gasteiger partial charge on any atom is 0.418 e. The van der Waals surface area contributed by atoms with Crippen molar-refractivity contribution >= 4 is 49.3 Å². The molecule has 0 aliphatic heterocycles.